The molecule has 3 nitrogen and oxygen atoms in total. The molecule has 0 aliphatic heterocycles. The van der Waals surface area contributed by atoms with Gasteiger partial charge < -0.3 is 11.5 Å². The van der Waals surface area contributed by atoms with Crippen molar-refractivity contribution in [1.82, 2.24) is 0 Å². The number of rotatable bonds is 4. The summed E-state index contributed by atoms with van der Waals surface area (Å²) >= 11 is 0. The second kappa shape index (κ2) is 4.72. The Hall–Kier alpha value is -1.42. The largest absolute Gasteiger partial charge is 0.370 e. The quantitative estimate of drug-likeness (QED) is 0.739. The fourth-order valence-electron chi connectivity index (χ4n) is 1.28. The Morgan fingerprint density at radius 3 is 2.64 bits per heavy atom. The van der Waals surface area contributed by atoms with Crippen LogP contribution in [0.5, 0.6) is 0 Å². The molecule has 0 aromatic heterocycles. The van der Waals surface area contributed by atoms with Crippen LogP contribution in [0.2, 0.25) is 0 Å². The highest BCUT2D eigenvalue weighted by Gasteiger charge is 2.09. The van der Waals surface area contributed by atoms with E-state index in [9.17, 15) is 9.18 Å². The van der Waals surface area contributed by atoms with E-state index >= 15 is 0 Å². The van der Waals surface area contributed by atoms with Crippen molar-refractivity contribution in [3.8, 4) is 0 Å². The summed E-state index contributed by atoms with van der Waals surface area (Å²) in [6.45, 7) is 0. The SMILES string of the molecule is NC(=O)CC(N)Cc1ccccc1F. The first-order valence-electron chi connectivity index (χ1n) is 4.37. The molecule has 14 heavy (non-hydrogen) atoms. The molecule has 0 saturated heterocycles. The number of nitrogens with two attached hydrogens (primary N) is 2. The van der Waals surface area contributed by atoms with Gasteiger partial charge in [-0.3, -0.25) is 4.79 Å². The van der Waals surface area contributed by atoms with Crippen LogP contribution in [0, 0.1) is 5.82 Å². The maximum absolute atomic E-state index is 13.1. The molecule has 0 heterocycles. The third-order valence-corrected chi connectivity index (χ3v) is 1.90. The zero-order chi connectivity index (χ0) is 10.6. The predicted molar refractivity (Wildman–Crippen MR) is 51.9 cm³/mol. The van der Waals surface area contributed by atoms with Gasteiger partial charge in [-0.05, 0) is 18.1 Å². The van der Waals surface area contributed by atoms with Gasteiger partial charge in [-0.1, -0.05) is 18.2 Å². The molecule has 1 rings (SSSR count). The molecule has 1 amide bonds. The molecule has 0 radical (unpaired) electrons. The number of hydrogen-bond acceptors (Lipinski definition) is 2. The summed E-state index contributed by atoms with van der Waals surface area (Å²) in [6.07, 6.45) is 0.407. The van der Waals surface area contributed by atoms with Gasteiger partial charge in [0, 0.05) is 12.5 Å². The maximum Gasteiger partial charge on any atom is 0.218 e. The van der Waals surface area contributed by atoms with Crippen LogP contribution in [-0.4, -0.2) is 11.9 Å². The molecule has 0 saturated carbocycles. The van der Waals surface area contributed by atoms with Gasteiger partial charge in [0.1, 0.15) is 5.82 Å². The first-order chi connectivity index (χ1) is 6.59. The number of carbonyl (C=O) groups excluding carboxylic acids is 1. The van der Waals surface area contributed by atoms with Gasteiger partial charge in [0.2, 0.25) is 5.91 Å². The number of halogens is 1. The normalized spacial score (nSPS) is 12.4. The molecule has 0 aliphatic carbocycles. The number of primary amides is 1. The van der Waals surface area contributed by atoms with Gasteiger partial charge in [-0.25, -0.2) is 4.39 Å². The number of carbonyl (C=O) groups is 1. The van der Waals surface area contributed by atoms with Crippen molar-refractivity contribution < 1.29 is 9.18 Å². The molecule has 0 fully saturated rings. The highest BCUT2D eigenvalue weighted by atomic mass is 19.1. The third-order valence-electron chi connectivity index (χ3n) is 1.90. The van der Waals surface area contributed by atoms with Crippen LogP contribution in [0.15, 0.2) is 24.3 Å². The predicted octanol–water partition coefficient (Wildman–Crippen LogP) is 0.571. The minimum atomic E-state index is -0.464. The molecular weight excluding hydrogens is 183 g/mol. The van der Waals surface area contributed by atoms with Crippen molar-refractivity contribution in [3.05, 3.63) is 35.6 Å². The Morgan fingerprint density at radius 2 is 2.07 bits per heavy atom. The molecule has 1 aromatic rings. The average Bonchev–Trinajstić information content (AvgIpc) is 2.07. The summed E-state index contributed by atoms with van der Waals surface area (Å²) < 4.78 is 13.1. The molecule has 1 aromatic carbocycles. The van der Waals surface area contributed by atoms with Crippen LogP contribution in [0.25, 0.3) is 0 Å². The van der Waals surface area contributed by atoms with E-state index in [0.29, 0.717) is 12.0 Å². The fraction of sp³-hybridized carbons (Fsp3) is 0.300. The zero-order valence-corrected chi connectivity index (χ0v) is 7.74. The summed E-state index contributed by atoms with van der Waals surface area (Å²) in [6, 6.07) is 5.94. The van der Waals surface area contributed by atoms with Crippen LogP contribution in [0.1, 0.15) is 12.0 Å². The van der Waals surface area contributed by atoms with E-state index in [2.05, 4.69) is 0 Å². The first-order valence-corrected chi connectivity index (χ1v) is 4.37. The van der Waals surface area contributed by atoms with Crippen molar-refractivity contribution in [3.63, 3.8) is 0 Å². The van der Waals surface area contributed by atoms with E-state index in [1.165, 1.54) is 6.07 Å². The molecular formula is C10H13FN2O. The van der Waals surface area contributed by atoms with E-state index in [1.54, 1.807) is 18.2 Å². The lowest BCUT2D eigenvalue weighted by molar-refractivity contribution is -0.118. The Morgan fingerprint density at radius 1 is 1.43 bits per heavy atom. The van der Waals surface area contributed by atoms with E-state index in [0.717, 1.165) is 0 Å². The minimum Gasteiger partial charge on any atom is -0.370 e. The van der Waals surface area contributed by atoms with Gasteiger partial charge in [-0.15, -0.1) is 0 Å². The Bertz CT molecular complexity index is 328. The number of amides is 1. The smallest absolute Gasteiger partial charge is 0.218 e. The second-order valence-electron chi connectivity index (χ2n) is 3.23. The average molecular weight is 196 g/mol. The Kier molecular flexibility index (Phi) is 3.59. The van der Waals surface area contributed by atoms with Crippen molar-refractivity contribution in [2.45, 2.75) is 18.9 Å². The lowest BCUT2D eigenvalue weighted by Crippen LogP contribution is -2.29. The zero-order valence-electron chi connectivity index (χ0n) is 7.74. The Labute approximate surface area is 81.9 Å². The first kappa shape index (κ1) is 10.7. The van der Waals surface area contributed by atoms with E-state index < -0.39 is 11.9 Å². The van der Waals surface area contributed by atoms with Gasteiger partial charge in [0.05, 0.1) is 0 Å². The third kappa shape index (κ3) is 3.14. The molecule has 1 atom stereocenters. The number of benzene rings is 1. The minimum absolute atomic E-state index is 0.0777. The van der Waals surface area contributed by atoms with Gasteiger partial charge >= 0.3 is 0 Å². The van der Waals surface area contributed by atoms with E-state index in [1.807, 2.05) is 0 Å². The van der Waals surface area contributed by atoms with Crippen molar-refractivity contribution >= 4 is 5.91 Å². The highest BCUT2D eigenvalue weighted by Crippen LogP contribution is 2.09. The maximum atomic E-state index is 13.1. The summed E-state index contributed by atoms with van der Waals surface area (Å²) in [7, 11) is 0. The van der Waals surface area contributed by atoms with Crippen LogP contribution in [-0.2, 0) is 11.2 Å². The summed E-state index contributed by atoms with van der Waals surface area (Å²) in [4.78, 5) is 10.5. The monoisotopic (exact) mass is 196 g/mol. The fourth-order valence-corrected chi connectivity index (χ4v) is 1.28. The van der Waals surface area contributed by atoms with Crippen molar-refractivity contribution in [2.24, 2.45) is 11.5 Å². The Balaban J connectivity index is 2.60. The van der Waals surface area contributed by atoms with Crippen LogP contribution in [0.4, 0.5) is 4.39 Å². The molecule has 1 unspecified atom stereocenters. The summed E-state index contributed by atoms with van der Waals surface area (Å²) in [5, 5.41) is 0. The molecule has 4 heteroatoms. The summed E-state index contributed by atoms with van der Waals surface area (Å²) in [5.41, 5.74) is 11.1. The molecule has 0 spiro atoms. The van der Waals surface area contributed by atoms with Crippen molar-refractivity contribution in [1.29, 1.82) is 0 Å². The molecule has 76 valence electrons. The highest BCUT2D eigenvalue weighted by molar-refractivity contribution is 5.74. The molecule has 0 bridgehead atoms. The van der Waals surface area contributed by atoms with Gasteiger partial charge in [0.25, 0.3) is 0 Å². The topological polar surface area (TPSA) is 69.1 Å². The van der Waals surface area contributed by atoms with Gasteiger partial charge in [0.15, 0.2) is 0 Å². The van der Waals surface area contributed by atoms with E-state index in [4.69, 9.17) is 11.5 Å². The van der Waals surface area contributed by atoms with Crippen molar-refractivity contribution in [2.75, 3.05) is 0 Å². The summed E-state index contributed by atoms with van der Waals surface area (Å²) in [5.74, 6) is -0.763. The van der Waals surface area contributed by atoms with Crippen LogP contribution in [0.3, 0.4) is 0 Å². The molecule has 0 aliphatic rings. The lowest BCUT2D eigenvalue weighted by atomic mass is 10.0. The van der Waals surface area contributed by atoms with Crippen LogP contribution < -0.4 is 11.5 Å². The standard InChI is InChI=1S/C10H13FN2O/c11-9-4-2-1-3-7(9)5-8(12)6-10(13)14/h1-4,8H,5-6,12H2,(H2,13,14). The second-order valence-corrected chi connectivity index (χ2v) is 3.23. The van der Waals surface area contributed by atoms with E-state index in [-0.39, 0.29) is 12.2 Å². The molecule has 4 N–H and O–H groups in total. The lowest BCUT2D eigenvalue weighted by Gasteiger charge is -2.09. The number of hydrogen-bond donors (Lipinski definition) is 2. The van der Waals surface area contributed by atoms with Gasteiger partial charge in [-0.2, -0.15) is 0 Å². The van der Waals surface area contributed by atoms with Crippen LogP contribution >= 0.6 is 0 Å².